The molecule has 77 valence electrons. The summed E-state index contributed by atoms with van der Waals surface area (Å²) in [5.41, 5.74) is 0. The van der Waals surface area contributed by atoms with Gasteiger partial charge in [-0.2, -0.15) is 0 Å². The van der Waals surface area contributed by atoms with E-state index in [9.17, 15) is 9.59 Å². The van der Waals surface area contributed by atoms with Crippen LogP contribution < -0.4 is 5.32 Å². The topological polar surface area (TPSA) is 58.6 Å². The summed E-state index contributed by atoms with van der Waals surface area (Å²) in [6, 6.07) is 0. The summed E-state index contributed by atoms with van der Waals surface area (Å²) in [6.07, 6.45) is 4.70. The molecular weight excluding hydrogens is 184 g/mol. The Labute approximate surface area is 82.7 Å². The van der Waals surface area contributed by atoms with E-state index in [0.717, 1.165) is 13.1 Å². The predicted molar refractivity (Wildman–Crippen MR) is 50.2 cm³/mol. The standard InChI is InChI=1S/C9H13N2O3/c12-6-2-10-9(13)1-3-11-4-7-14-8-5-11/h1,3H,2,4-5,7-8H2,(H,10,13). The number of morpholine rings is 1. The van der Waals surface area contributed by atoms with E-state index in [0.29, 0.717) is 13.2 Å². The highest BCUT2D eigenvalue weighted by Gasteiger charge is 2.05. The lowest BCUT2D eigenvalue weighted by atomic mass is 10.4. The van der Waals surface area contributed by atoms with Gasteiger partial charge in [0.25, 0.3) is 0 Å². The molecule has 0 aromatic heterocycles. The fraction of sp³-hybridized carbons (Fsp3) is 0.556. The average molecular weight is 197 g/mol. The van der Waals surface area contributed by atoms with Crippen molar-refractivity contribution in [1.82, 2.24) is 10.2 Å². The lowest BCUT2D eigenvalue weighted by molar-refractivity contribution is -0.116. The summed E-state index contributed by atoms with van der Waals surface area (Å²) < 4.78 is 5.14. The number of hydrogen-bond acceptors (Lipinski definition) is 4. The Hall–Kier alpha value is -1.36. The zero-order valence-corrected chi connectivity index (χ0v) is 7.86. The molecule has 1 fully saturated rings. The summed E-state index contributed by atoms with van der Waals surface area (Å²) in [7, 11) is 0. The molecule has 1 radical (unpaired) electrons. The van der Waals surface area contributed by atoms with Gasteiger partial charge in [-0.3, -0.25) is 9.59 Å². The van der Waals surface area contributed by atoms with Gasteiger partial charge in [0, 0.05) is 25.4 Å². The molecular formula is C9H13N2O3. The second kappa shape index (κ2) is 6.15. The highest BCUT2D eigenvalue weighted by Crippen LogP contribution is 1.96. The van der Waals surface area contributed by atoms with E-state index in [2.05, 4.69) is 5.32 Å². The molecule has 0 saturated carbocycles. The third-order valence-electron chi connectivity index (χ3n) is 1.82. The fourth-order valence-corrected chi connectivity index (χ4v) is 1.08. The van der Waals surface area contributed by atoms with Crippen molar-refractivity contribution >= 4 is 12.2 Å². The third-order valence-corrected chi connectivity index (χ3v) is 1.82. The smallest absolute Gasteiger partial charge is 0.245 e. The Morgan fingerprint density at radius 3 is 2.86 bits per heavy atom. The fourth-order valence-electron chi connectivity index (χ4n) is 1.08. The van der Waals surface area contributed by atoms with Gasteiger partial charge in [-0.1, -0.05) is 0 Å². The van der Waals surface area contributed by atoms with Crippen LogP contribution in [0.5, 0.6) is 0 Å². The Balaban J connectivity index is 2.23. The van der Waals surface area contributed by atoms with Crippen molar-refractivity contribution in [3.8, 4) is 0 Å². The average Bonchev–Trinajstić information content (AvgIpc) is 2.25. The zero-order chi connectivity index (χ0) is 10.2. The highest BCUT2D eigenvalue weighted by molar-refractivity contribution is 5.88. The molecule has 0 spiro atoms. The number of carbonyl (C=O) groups excluding carboxylic acids is 2. The van der Waals surface area contributed by atoms with E-state index in [1.165, 1.54) is 6.08 Å². The van der Waals surface area contributed by atoms with Crippen LogP contribution in [0.15, 0.2) is 12.3 Å². The Morgan fingerprint density at radius 1 is 1.50 bits per heavy atom. The van der Waals surface area contributed by atoms with Crippen molar-refractivity contribution in [3.05, 3.63) is 12.3 Å². The number of ether oxygens (including phenoxy) is 1. The van der Waals surface area contributed by atoms with Gasteiger partial charge in [-0.05, 0) is 0 Å². The van der Waals surface area contributed by atoms with E-state index in [1.54, 1.807) is 12.5 Å². The molecule has 0 atom stereocenters. The number of hydrogen-bond donors (Lipinski definition) is 1. The molecule has 1 heterocycles. The second-order valence-electron chi connectivity index (χ2n) is 2.83. The minimum atomic E-state index is -0.278. The van der Waals surface area contributed by atoms with Crippen molar-refractivity contribution in [2.24, 2.45) is 0 Å². The SMILES string of the molecule is O=[C]CNC(=O)C=CN1CCOCC1. The number of carbonyl (C=O) groups is 1. The molecule has 1 rings (SSSR count). The largest absolute Gasteiger partial charge is 0.378 e. The lowest BCUT2D eigenvalue weighted by Crippen LogP contribution is -2.32. The van der Waals surface area contributed by atoms with Crippen LogP contribution in [0.3, 0.4) is 0 Å². The van der Waals surface area contributed by atoms with Crippen LogP contribution in [-0.4, -0.2) is 49.9 Å². The summed E-state index contributed by atoms with van der Waals surface area (Å²) in [4.78, 5) is 22.8. The van der Waals surface area contributed by atoms with Crippen LogP contribution in [0.4, 0.5) is 0 Å². The Bertz CT molecular complexity index is 222. The maximum Gasteiger partial charge on any atom is 0.245 e. The zero-order valence-electron chi connectivity index (χ0n) is 7.86. The van der Waals surface area contributed by atoms with Crippen LogP contribution >= 0.6 is 0 Å². The van der Waals surface area contributed by atoms with Crippen molar-refractivity contribution < 1.29 is 14.3 Å². The van der Waals surface area contributed by atoms with Gasteiger partial charge >= 0.3 is 0 Å². The Morgan fingerprint density at radius 2 is 2.21 bits per heavy atom. The first-order valence-electron chi connectivity index (χ1n) is 4.46. The van der Waals surface area contributed by atoms with E-state index in [4.69, 9.17) is 4.74 Å². The number of nitrogens with zero attached hydrogens (tertiary/aromatic N) is 1. The second-order valence-corrected chi connectivity index (χ2v) is 2.83. The van der Waals surface area contributed by atoms with Crippen LogP contribution in [0.1, 0.15) is 0 Å². The molecule has 14 heavy (non-hydrogen) atoms. The van der Waals surface area contributed by atoms with Crippen molar-refractivity contribution in [3.63, 3.8) is 0 Å². The summed E-state index contributed by atoms with van der Waals surface area (Å²) >= 11 is 0. The van der Waals surface area contributed by atoms with E-state index in [-0.39, 0.29) is 12.5 Å². The third kappa shape index (κ3) is 4.04. The first kappa shape index (κ1) is 10.7. The molecule has 1 saturated heterocycles. The molecule has 0 aliphatic carbocycles. The molecule has 5 nitrogen and oxygen atoms in total. The Kier molecular flexibility index (Phi) is 4.71. The van der Waals surface area contributed by atoms with Crippen LogP contribution in [0, 0.1) is 0 Å². The molecule has 1 aliphatic rings. The number of amides is 1. The van der Waals surface area contributed by atoms with Gasteiger partial charge in [0.1, 0.15) is 0 Å². The van der Waals surface area contributed by atoms with Crippen molar-refractivity contribution in [2.45, 2.75) is 0 Å². The summed E-state index contributed by atoms with van der Waals surface area (Å²) in [5, 5.41) is 2.36. The minimum Gasteiger partial charge on any atom is -0.378 e. The van der Waals surface area contributed by atoms with Gasteiger partial charge in [-0.25, -0.2) is 0 Å². The summed E-state index contributed by atoms with van der Waals surface area (Å²) in [5.74, 6) is -0.278. The van der Waals surface area contributed by atoms with E-state index >= 15 is 0 Å². The van der Waals surface area contributed by atoms with Gasteiger partial charge in [0.2, 0.25) is 12.2 Å². The molecule has 0 aromatic rings. The number of nitrogens with one attached hydrogen (secondary N) is 1. The first-order chi connectivity index (χ1) is 6.83. The predicted octanol–water partition coefficient (Wildman–Crippen LogP) is -0.942. The first-order valence-corrected chi connectivity index (χ1v) is 4.46. The minimum absolute atomic E-state index is 0.0632. The van der Waals surface area contributed by atoms with Crippen molar-refractivity contribution in [1.29, 1.82) is 0 Å². The highest BCUT2D eigenvalue weighted by atomic mass is 16.5. The molecule has 0 aromatic carbocycles. The maximum atomic E-state index is 11.0. The van der Waals surface area contributed by atoms with Crippen LogP contribution in [0.25, 0.3) is 0 Å². The van der Waals surface area contributed by atoms with Gasteiger partial charge in [0.15, 0.2) is 0 Å². The van der Waals surface area contributed by atoms with E-state index in [1.807, 2.05) is 4.90 Å². The molecule has 5 heteroatoms. The normalized spacial score (nSPS) is 17.0. The quantitative estimate of drug-likeness (QED) is 0.591. The van der Waals surface area contributed by atoms with Gasteiger partial charge in [0.05, 0.1) is 19.8 Å². The number of rotatable bonds is 4. The monoisotopic (exact) mass is 197 g/mol. The molecule has 1 N–H and O–H groups in total. The van der Waals surface area contributed by atoms with E-state index < -0.39 is 0 Å². The molecule has 1 aliphatic heterocycles. The van der Waals surface area contributed by atoms with Gasteiger partial charge < -0.3 is 15.0 Å². The molecule has 0 unspecified atom stereocenters. The maximum absolute atomic E-state index is 11.0. The lowest BCUT2D eigenvalue weighted by Gasteiger charge is -2.24. The van der Waals surface area contributed by atoms with Crippen molar-refractivity contribution in [2.75, 3.05) is 32.8 Å². The van der Waals surface area contributed by atoms with Gasteiger partial charge in [-0.15, -0.1) is 0 Å². The van der Waals surface area contributed by atoms with Crippen LogP contribution in [0.2, 0.25) is 0 Å². The molecule has 0 bridgehead atoms. The summed E-state index contributed by atoms with van der Waals surface area (Å²) in [6.45, 7) is 2.90. The molecule has 1 amide bonds. The van der Waals surface area contributed by atoms with Crippen LogP contribution in [-0.2, 0) is 14.3 Å².